The molecule has 0 aliphatic heterocycles. The van der Waals surface area contributed by atoms with Crippen molar-refractivity contribution in [1.82, 2.24) is 24.7 Å². The Kier molecular flexibility index (Phi) is 7.04. The first-order valence-electron chi connectivity index (χ1n) is 12.5. The molecule has 9 nitrogen and oxygen atoms in total. The smallest absolute Gasteiger partial charge is 0.339 e. The number of anilines is 1. The zero-order chi connectivity index (χ0) is 28.1. The van der Waals surface area contributed by atoms with Crippen molar-refractivity contribution < 1.29 is 14.3 Å². The fourth-order valence-corrected chi connectivity index (χ4v) is 5.71. The van der Waals surface area contributed by atoms with E-state index in [4.69, 9.17) is 36.8 Å². The minimum Gasteiger partial charge on any atom is -0.464 e. The second-order valence-electron chi connectivity index (χ2n) is 10.2. The number of hydrogen-bond donors (Lipinski definition) is 1. The number of aromatic nitrogens is 5. The fourth-order valence-electron chi connectivity index (χ4n) is 4.51. The van der Waals surface area contributed by atoms with Crippen LogP contribution >= 0.6 is 22.9 Å². The third kappa shape index (κ3) is 5.19. The molecule has 0 aliphatic rings. The van der Waals surface area contributed by atoms with Crippen molar-refractivity contribution in [3.05, 3.63) is 52.7 Å². The Bertz CT molecular complexity index is 1710. The summed E-state index contributed by atoms with van der Waals surface area (Å²) in [7, 11) is 1.77. The van der Waals surface area contributed by atoms with E-state index in [2.05, 4.69) is 10.1 Å². The van der Waals surface area contributed by atoms with Crippen LogP contribution in [-0.4, -0.2) is 42.9 Å². The molecule has 3 heterocycles. The fraction of sp³-hybridized carbons (Fsp3) is 0.321. The molecule has 0 saturated carbocycles. The Labute approximate surface area is 234 Å². The van der Waals surface area contributed by atoms with Crippen LogP contribution in [0.3, 0.4) is 0 Å². The van der Waals surface area contributed by atoms with Gasteiger partial charge in [-0.05, 0) is 63.9 Å². The first-order valence-corrected chi connectivity index (χ1v) is 13.7. The van der Waals surface area contributed by atoms with Crippen LogP contribution < -0.4 is 5.73 Å². The number of carbonyl (C=O) groups excluding carboxylic acids is 1. The van der Waals surface area contributed by atoms with Crippen molar-refractivity contribution in [3.8, 4) is 21.8 Å². The summed E-state index contributed by atoms with van der Waals surface area (Å²) in [5.74, 6) is -0.141. The maximum atomic E-state index is 13.3. The van der Waals surface area contributed by atoms with Crippen molar-refractivity contribution in [2.24, 2.45) is 7.05 Å². The Morgan fingerprint density at radius 1 is 1.21 bits per heavy atom. The topological polar surface area (TPSA) is 118 Å². The Hall–Kier alpha value is -3.60. The second kappa shape index (κ2) is 10.2. The maximum Gasteiger partial charge on any atom is 0.339 e. The van der Waals surface area contributed by atoms with Crippen LogP contribution in [0, 0.1) is 6.92 Å². The summed E-state index contributed by atoms with van der Waals surface area (Å²) in [5, 5.41) is 5.49. The monoisotopic (exact) mass is 564 g/mol. The Morgan fingerprint density at radius 3 is 2.59 bits per heavy atom. The highest BCUT2D eigenvalue weighted by Gasteiger charge is 2.33. The lowest BCUT2D eigenvalue weighted by Gasteiger charge is -2.29. The number of ether oxygens (including phenoxy) is 2. The normalized spacial score (nSPS) is 12.8. The number of carbonyl (C=O) groups is 1. The molecule has 5 aromatic rings. The number of nitrogens with two attached hydrogens (primary N) is 1. The largest absolute Gasteiger partial charge is 0.464 e. The third-order valence-electron chi connectivity index (χ3n) is 6.07. The lowest BCUT2D eigenvalue weighted by Crippen LogP contribution is -2.29. The molecule has 0 fully saturated rings. The first kappa shape index (κ1) is 27.0. The molecule has 0 unspecified atom stereocenters. The molecule has 1 atom stereocenters. The van der Waals surface area contributed by atoms with Gasteiger partial charge in [0.1, 0.15) is 10.7 Å². The number of esters is 1. The van der Waals surface area contributed by atoms with Gasteiger partial charge in [-0.3, -0.25) is 0 Å². The molecule has 0 saturated heterocycles. The van der Waals surface area contributed by atoms with Crippen LogP contribution in [-0.2, 0) is 21.3 Å². The van der Waals surface area contributed by atoms with Crippen molar-refractivity contribution >= 4 is 56.1 Å². The number of aryl methyl sites for hydroxylation is 2. The summed E-state index contributed by atoms with van der Waals surface area (Å²) < 4.78 is 14.3. The van der Waals surface area contributed by atoms with Gasteiger partial charge in [-0.25, -0.2) is 24.4 Å². The lowest BCUT2D eigenvalue weighted by molar-refractivity contribution is -0.166. The maximum absolute atomic E-state index is 13.3. The van der Waals surface area contributed by atoms with Gasteiger partial charge >= 0.3 is 5.97 Å². The van der Waals surface area contributed by atoms with Gasteiger partial charge in [0.25, 0.3) is 0 Å². The number of nitrogens with zero attached hydrogens (tertiary/aromatic N) is 5. The first-order chi connectivity index (χ1) is 18.5. The van der Waals surface area contributed by atoms with Crippen molar-refractivity contribution in [2.45, 2.75) is 46.3 Å². The predicted octanol–water partition coefficient (Wildman–Crippen LogP) is 6.27. The molecule has 11 heteroatoms. The molecule has 202 valence electrons. The molecular weight excluding hydrogens is 536 g/mol. The van der Waals surface area contributed by atoms with Gasteiger partial charge < -0.3 is 15.2 Å². The van der Waals surface area contributed by atoms with Crippen LogP contribution in [0.1, 0.15) is 44.9 Å². The van der Waals surface area contributed by atoms with Gasteiger partial charge in [0.2, 0.25) is 0 Å². The molecule has 3 aromatic heterocycles. The van der Waals surface area contributed by atoms with E-state index in [1.807, 2.05) is 58.0 Å². The summed E-state index contributed by atoms with van der Waals surface area (Å²) in [5.41, 5.74) is 11.2. The number of hydrogen-bond acceptors (Lipinski definition) is 9. The molecule has 2 aromatic carbocycles. The van der Waals surface area contributed by atoms with Crippen LogP contribution in [0.25, 0.3) is 43.2 Å². The minimum atomic E-state index is -0.947. The SMILES string of the molecule is CCOC(=O)[C@@H](OC(C)(C)C)c1c(C)cc2nc(-c3cnc4c(n3)c(N)nn4C)sc2c1-c1ccc(Cl)cc1. The summed E-state index contributed by atoms with van der Waals surface area (Å²) in [6, 6.07) is 9.48. The van der Waals surface area contributed by atoms with Crippen molar-refractivity contribution in [3.63, 3.8) is 0 Å². The van der Waals surface area contributed by atoms with Crippen LogP contribution in [0.5, 0.6) is 0 Å². The zero-order valence-electron chi connectivity index (χ0n) is 22.6. The number of nitrogen functional groups attached to an aromatic ring is 1. The standard InChI is InChI=1S/C28H29ClN6O3S/c1-7-37-27(36)22(38-28(3,4)5)19-14(2)12-17-23(20(19)15-8-10-16(29)11-9-15)39-26(33-17)18-13-31-25-21(32-18)24(30)34-35(25)6/h8-13,22H,7H2,1-6H3,(H2,30,34)/t22-/m0/s1. The van der Waals surface area contributed by atoms with Gasteiger partial charge in [0.05, 0.1) is 28.6 Å². The van der Waals surface area contributed by atoms with Gasteiger partial charge in [-0.1, -0.05) is 23.7 Å². The van der Waals surface area contributed by atoms with E-state index in [9.17, 15) is 4.79 Å². The number of halogens is 1. The van der Waals surface area contributed by atoms with Crippen LogP contribution in [0.2, 0.25) is 5.02 Å². The molecule has 5 rings (SSSR count). The minimum absolute atomic E-state index is 0.240. The molecule has 0 amide bonds. The molecule has 0 radical (unpaired) electrons. The predicted molar refractivity (Wildman–Crippen MR) is 155 cm³/mol. The van der Waals surface area contributed by atoms with Gasteiger partial charge in [-0.2, -0.15) is 5.10 Å². The van der Waals surface area contributed by atoms with E-state index < -0.39 is 17.7 Å². The summed E-state index contributed by atoms with van der Waals surface area (Å²) >= 11 is 7.69. The van der Waals surface area contributed by atoms with E-state index in [0.717, 1.165) is 32.5 Å². The molecule has 0 spiro atoms. The summed E-state index contributed by atoms with van der Waals surface area (Å²) in [6.07, 6.45) is 0.720. The van der Waals surface area contributed by atoms with Crippen LogP contribution in [0.15, 0.2) is 36.5 Å². The average molecular weight is 565 g/mol. The average Bonchev–Trinajstić information content (AvgIpc) is 3.42. The van der Waals surface area contributed by atoms with Gasteiger partial charge in [0.15, 0.2) is 23.1 Å². The highest BCUT2D eigenvalue weighted by atomic mass is 35.5. The van der Waals surface area contributed by atoms with E-state index in [1.165, 1.54) is 11.3 Å². The quantitative estimate of drug-likeness (QED) is 0.240. The highest BCUT2D eigenvalue weighted by molar-refractivity contribution is 7.22. The molecule has 0 aliphatic carbocycles. The highest BCUT2D eigenvalue weighted by Crippen LogP contribution is 2.44. The Morgan fingerprint density at radius 2 is 1.92 bits per heavy atom. The van der Waals surface area contributed by atoms with Gasteiger partial charge in [-0.15, -0.1) is 11.3 Å². The number of fused-ring (bicyclic) bond motifs is 2. The second-order valence-corrected chi connectivity index (χ2v) is 11.6. The molecule has 39 heavy (non-hydrogen) atoms. The zero-order valence-corrected chi connectivity index (χ0v) is 24.1. The molecule has 2 N–H and O–H groups in total. The van der Waals surface area contributed by atoms with Gasteiger partial charge in [0, 0.05) is 23.2 Å². The molecule has 0 bridgehead atoms. The van der Waals surface area contributed by atoms with Crippen molar-refractivity contribution in [1.29, 1.82) is 0 Å². The van der Waals surface area contributed by atoms with E-state index >= 15 is 0 Å². The molecular formula is C28H29ClN6O3S. The lowest BCUT2D eigenvalue weighted by atomic mass is 9.91. The van der Waals surface area contributed by atoms with E-state index in [-0.39, 0.29) is 6.61 Å². The number of thiazole rings is 1. The van der Waals surface area contributed by atoms with E-state index in [0.29, 0.717) is 32.7 Å². The van der Waals surface area contributed by atoms with Crippen LogP contribution in [0.4, 0.5) is 5.82 Å². The summed E-state index contributed by atoms with van der Waals surface area (Å²) in [6.45, 7) is 9.72. The van der Waals surface area contributed by atoms with Crippen molar-refractivity contribution in [2.75, 3.05) is 12.3 Å². The third-order valence-corrected chi connectivity index (χ3v) is 7.44. The number of benzene rings is 2. The Balaban J connectivity index is 1.78. The summed E-state index contributed by atoms with van der Waals surface area (Å²) in [4.78, 5) is 27.5. The van der Waals surface area contributed by atoms with E-state index in [1.54, 1.807) is 24.9 Å². The number of rotatable bonds is 6.